The van der Waals surface area contributed by atoms with Crippen LogP contribution in [-0.2, 0) is 21.4 Å². The zero-order valence-electron chi connectivity index (χ0n) is 16.1. The number of anilines is 2. The van der Waals surface area contributed by atoms with Crippen LogP contribution < -0.4 is 10.2 Å². The predicted molar refractivity (Wildman–Crippen MR) is 107 cm³/mol. The van der Waals surface area contributed by atoms with E-state index in [0.717, 1.165) is 55.5 Å². The van der Waals surface area contributed by atoms with Crippen molar-refractivity contribution in [2.24, 2.45) is 0 Å². The van der Waals surface area contributed by atoms with Crippen molar-refractivity contribution in [2.45, 2.75) is 64.2 Å². The number of fused-ring (bicyclic) bond motifs is 2. The first-order valence-corrected chi connectivity index (χ1v) is 9.93. The summed E-state index contributed by atoms with van der Waals surface area (Å²) >= 11 is 0. The second kappa shape index (κ2) is 7.65. The number of nitrogens with zero attached hydrogens (tertiary/aromatic N) is 1. The number of aryl methyl sites for hydroxylation is 1. The summed E-state index contributed by atoms with van der Waals surface area (Å²) < 4.78 is 0. The molecule has 0 atom stereocenters. The van der Waals surface area contributed by atoms with E-state index in [4.69, 9.17) is 0 Å². The quantitative estimate of drug-likeness (QED) is 0.817. The third-order valence-electron chi connectivity index (χ3n) is 6.08. The molecule has 2 aliphatic heterocycles. The van der Waals surface area contributed by atoms with Crippen molar-refractivity contribution in [3.05, 3.63) is 35.9 Å². The monoisotopic (exact) mass is 354 g/mol. The van der Waals surface area contributed by atoms with Gasteiger partial charge in [0.2, 0.25) is 5.91 Å². The molecule has 2 aliphatic rings. The summed E-state index contributed by atoms with van der Waals surface area (Å²) in [6, 6.07) is 4.33. The van der Waals surface area contributed by atoms with Gasteiger partial charge in [-0.1, -0.05) is 26.3 Å². The fourth-order valence-electron chi connectivity index (χ4n) is 4.43. The molecule has 4 heteroatoms. The maximum absolute atomic E-state index is 13.3. The molecule has 140 valence electrons. The maximum Gasteiger partial charge on any atom is 0.237 e. The van der Waals surface area contributed by atoms with E-state index in [1.54, 1.807) is 6.08 Å². The molecular weight excluding hydrogens is 324 g/mol. The van der Waals surface area contributed by atoms with Crippen molar-refractivity contribution in [2.75, 3.05) is 23.3 Å². The van der Waals surface area contributed by atoms with Crippen molar-refractivity contribution in [3.8, 4) is 0 Å². The van der Waals surface area contributed by atoms with Crippen molar-refractivity contribution >= 4 is 23.1 Å². The number of hydrogen-bond acceptors (Lipinski definition) is 3. The van der Waals surface area contributed by atoms with E-state index in [1.807, 2.05) is 4.90 Å². The van der Waals surface area contributed by atoms with Gasteiger partial charge in [0.25, 0.3) is 0 Å². The maximum atomic E-state index is 13.3. The molecule has 26 heavy (non-hydrogen) atoms. The van der Waals surface area contributed by atoms with Gasteiger partial charge in [-0.15, -0.1) is 6.58 Å². The molecule has 0 unspecified atom stereocenters. The fraction of sp³-hybridized carbons (Fsp3) is 0.545. The Morgan fingerprint density at radius 3 is 2.58 bits per heavy atom. The van der Waals surface area contributed by atoms with Crippen LogP contribution >= 0.6 is 0 Å². The highest BCUT2D eigenvalue weighted by atomic mass is 16.2. The second-order valence-electron chi connectivity index (χ2n) is 7.47. The lowest BCUT2D eigenvalue weighted by atomic mass is 9.76. The van der Waals surface area contributed by atoms with Crippen LogP contribution in [0.1, 0.15) is 63.5 Å². The van der Waals surface area contributed by atoms with Gasteiger partial charge in [0.1, 0.15) is 0 Å². The summed E-state index contributed by atoms with van der Waals surface area (Å²) in [4.78, 5) is 27.2. The van der Waals surface area contributed by atoms with Crippen LogP contribution in [0.3, 0.4) is 0 Å². The molecule has 1 N–H and O–H groups in total. The molecule has 0 fully saturated rings. The molecule has 0 saturated carbocycles. The van der Waals surface area contributed by atoms with Crippen molar-refractivity contribution < 1.29 is 9.59 Å². The van der Waals surface area contributed by atoms with E-state index >= 15 is 0 Å². The minimum absolute atomic E-state index is 0.181. The van der Waals surface area contributed by atoms with Gasteiger partial charge in [-0.3, -0.25) is 9.59 Å². The molecule has 0 radical (unpaired) electrons. The zero-order chi connectivity index (χ0) is 18.7. The Bertz CT molecular complexity index is 719. The Morgan fingerprint density at radius 1 is 1.15 bits per heavy atom. The Kier molecular flexibility index (Phi) is 5.49. The largest absolute Gasteiger partial charge is 0.378 e. The van der Waals surface area contributed by atoms with E-state index in [1.165, 1.54) is 5.56 Å². The van der Waals surface area contributed by atoms with Crippen LogP contribution in [0.2, 0.25) is 0 Å². The third kappa shape index (κ3) is 3.06. The minimum Gasteiger partial charge on any atom is -0.378 e. The predicted octanol–water partition coefficient (Wildman–Crippen LogP) is 4.37. The number of benzene rings is 1. The highest BCUT2D eigenvalue weighted by Crippen LogP contribution is 2.48. The Hall–Kier alpha value is -2.10. The highest BCUT2D eigenvalue weighted by molar-refractivity contribution is 6.09. The topological polar surface area (TPSA) is 49.4 Å². The van der Waals surface area contributed by atoms with E-state index in [0.29, 0.717) is 19.5 Å². The van der Waals surface area contributed by atoms with E-state index in [2.05, 4.69) is 37.9 Å². The first kappa shape index (κ1) is 18.7. The fourth-order valence-corrected chi connectivity index (χ4v) is 4.43. The lowest BCUT2D eigenvalue weighted by Crippen LogP contribution is -2.39. The van der Waals surface area contributed by atoms with Gasteiger partial charge >= 0.3 is 0 Å². The van der Waals surface area contributed by atoms with Crippen molar-refractivity contribution in [1.29, 1.82) is 0 Å². The van der Waals surface area contributed by atoms with Crippen LogP contribution in [0.25, 0.3) is 0 Å². The SMILES string of the molecule is C=CCN1C(=O)C(CC)(CC)c2cc3c(cc21)CCCCCC(=O)CN3. The van der Waals surface area contributed by atoms with Gasteiger partial charge in [-0.2, -0.15) is 0 Å². The summed E-state index contributed by atoms with van der Waals surface area (Å²) in [7, 11) is 0. The number of Topliss-reactive ketones (excluding diaryl/α,β-unsaturated/α-hetero) is 1. The lowest BCUT2D eigenvalue weighted by Gasteiger charge is -2.26. The number of rotatable bonds is 4. The number of carbonyl (C=O) groups is 2. The normalized spacial score (nSPS) is 19.5. The molecule has 1 aromatic carbocycles. The van der Waals surface area contributed by atoms with Gasteiger partial charge in [-0.05, 0) is 55.4 Å². The van der Waals surface area contributed by atoms with Gasteiger partial charge in [0, 0.05) is 24.3 Å². The van der Waals surface area contributed by atoms with Crippen molar-refractivity contribution in [3.63, 3.8) is 0 Å². The number of hydrogen-bond donors (Lipinski definition) is 1. The van der Waals surface area contributed by atoms with Crippen LogP contribution in [0, 0.1) is 0 Å². The lowest BCUT2D eigenvalue weighted by molar-refractivity contribution is -0.123. The number of carbonyl (C=O) groups excluding carboxylic acids is 2. The molecule has 1 aromatic rings. The van der Waals surface area contributed by atoms with Gasteiger partial charge in [-0.25, -0.2) is 0 Å². The molecule has 0 saturated heterocycles. The molecule has 2 heterocycles. The van der Waals surface area contributed by atoms with Crippen LogP contribution in [0.15, 0.2) is 24.8 Å². The molecule has 4 nitrogen and oxygen atoms in total. The first-order valence-electron chi connectivity index (χ1n) is 9.93. The average molecular weight is 354 g/mol. The summed E-state index contributed by atoms with van der Waals surface area (Å²) in [6.45, 7) is 8.93. The van der Waals surface area contributed by atoms with Gasteiger partial charge in [0.05, 0.1) is 12.0 Å². The van der Waals surface area contributed by atoms with E-state index in [-0.39, 0.29) is 11.7 Å². The van der Waals surface area contributed by atoms with Gasteiger partial charge in [0.15, 0.2) is 5.78 Å². The van der Waals surface area contributed by atoms with Gasteiger partial charge < -0.3 is 10.2 Å². The highest BCUT2D eigenvalue weighted by Gasteiger charge is 2.48. The van der Waals surface area contributed by atoms with E-state index < -0.39 is 5.41 Å². The minimum atomic E-state index is -0.464. The standard InChI is InChI=1S/C22H30N2O2/c1-4-12-24-20-13-16-10-8-7-9-11-17(25)15-23-19(16)14-18(20)22(5-2,6-3)21(24)26/h4,13-14,23H,1,5-12,15H2,2-3H3. The van der Waals surface area contributed by atoms with Crippen LogP contribution in [0.5, 0.6) is 0 Å². The number of amides is 1. The molecule has 0 aromatic heterocycles. The molecular formula is C22H30N2O2. The zero-order valence-corrected chi connectivity index (χ0v) is 16.1. The summed E-state index contributed by atoms with van der Waals surface area (Å²) in [5.74, 6) is 0.445. The smallest absolute Gasteiger partial charge is 0.237 e. The Morgan fingerprint density at radius 2 is 1.88 bits per heavy atom. The first-order chi connectivity index (χ1) is 12.6. The van der Waals surface area contributed by atoms with E-state index in [9.17, 15) is 9.59 Å². The molecule has 0 spiro atoms. The Balaban J connectivity index is 2.11. The second-order valence-corrected chi connectivity index (χ2v) is 7.47. The number of nitrogens with one attached hydrogen (secondary N) is 1. The molecule has 3 rings (SSSR count). The molecule has 0 bridgehead atoms. The summed E-state index contributed by atoms with van der Waals surface area (Å²) in [5.41, 5.74) is 3.91. The summed E-state index contributed by atoms with van der Waals surface area (Å²) in [6.07, 6.45) is 8.11. The summed E-state index contributed by atoms with van der Waals surface area (Å²) in [5, 5.41) is 3.36. The number of ketones is 1. The third-order valence-corrected chi connectivity index (χ3v) is 6.08. The van der Waals surface area contributed by atoms with Crippen LogP contribution in [-0.4, -0.2) is 24.8 Å². The Labute approximate surface area is 156 Å². The van der Waals surface area contributed by atoms with Crippen LogP contribution in [0.4, 0.5) is 11.4 Å². The molecule has 0 aliphatic carbocycles. The molecule has 1 amide bonds. The average Bonchev–Trinajstić information content (AvgIpc) is 2.87. The van der Waals surface area contributed by atoms with Crippen molar-refractivity contribution in [1.82, 2.24) is 0 Å².